The van der Waals surface area contributed by atoms with Crippen LogP contribution in [0.1, 0.15) is 49.7 Å². The zero-order valence-electron chi connectivity index (χ0n) is 16.2. The van der Waals surface area contributed by atoms with Crippen LogP contribution in [0.3, 0.4) is 0 Å². The fourth-order valence-corrected chi connectivity index (χ4v) is 4.36. The van der Waals surface area contributed by atoms with E-state index in [1.165, 1.54) is 48.8 Å². The van der Waals surface area contributed by atoms with Crippen molar-refractivity contribution >= 4 is 11.8 Å². The summed E-state index contributed by atoms with van der Waals surface area (Å²) in [5, 5.41) is 3.55. The summed E-state index contributed by atoms with van der Waals surface area (Å²) in [6.45, 7) is 4.37. The Labute approximate surface area is 162 Å². The summed E-state index contributed by atoms with van der Waals surface area (Å²) in [4.78, 5) is 11.9. The zero-order chi connectivity index (χ0) is 18.5. The van der Waals surface area contributed by atoms with Gasteiger partial charge in [0.15, 0.2) is 0 Å². The molecule has 1 aromatic heterocycles. The van der Waals surface area contributed by atoms with Gasteiger partial charge in [-0.05, 0) is 63.6 Å². The molecule has 0 spiro atoms. The number of aryl methyl sites for hydroxylation is 1. The largest absolute Gasteiger partial charge is 0.368 e. The van der Waals surface area contributed by atoms with E-state index in [4.69, 9.17) is 15.7 Å². The first-order chi connectivity index (χ1) is 13.3. The lowest BCUT2D eigenvalue weighted by Gasteiger charge is -2.27. The van der Waals surface area contributed by atoms with E-state index in [1.807, 2.05) is 0 Å². The number of benzene rings is 1. The van der Waals surface area contributed by atoms with Crippen molar-refractivity contribution in [2.75, 3.05) is 36.8 Å². The Morgan fingerprint density at radius 1 is 0.852 bits per heavy atom. The van der Waals surface area contributed by atoms with Gasteiger partial charge < -0.3 is 16.0 Å². The smallest absolute Gasteiger partial charge is 0.222 e. The van der Waals surface area contributed by atoms with Crippen LogP contribution < -0.4 is 16.0 Å². The summed E-state index contributed by atoms with van der Waals surface area (Å²) in [6.07, 6.45) is 9.37. The molecule has 0 unspecified atom stereocenters. The van der Waals surface area contributed by atoms with Crippen molar-refractivity contribution in [3.63, 3.8) is 0 Å². The first kappa shape index (κ1) is 18.2. The molecule has 4 rings (SSSR count). The lowest BCUT2D eigenvalue weighted by Crippen LogP contribution is -2.29. The number of hydrogen-bond acceptors (Lipinski definition) is 5. The number of nitrogen functional groups attached to an aromatic ring is 1. The molecule has 2 heterocycles. The Hall–Kier alpha value is -2.14. The maximum absolute atomic E-state index is 6.19. The second kappa shape index (κ2) is 8.70. The van der Waals surface area contributed by atoms with Crippen LogP contribution in [0.25, 0.3) is 11.3 Å². The minimum Gasteiger partial charge on any atom is -0.368 e. The average molecular weight is 366 g/mol. The number of nitrogens with zero attached hydrogens (tertiary/aromatic N) is 3. The van der Waals surface area contributed by atoms with Gasteiger partial charge in [-0.15, -0.1) is 0 Å². The molecule has 0 amide bonds. The number of hydrogen-bond donors (Lipinski definition) is 2. The molecule has 1 aliphatic heterocycles. The molecule has 0 atom stereocenters. The number of nitrogens with two attached hydrogens (primary N) is 1. The lowest BCUT2D eigenvalue weighted by atomic mass is 10.0. The van der Waals surface area contributed by atoms with Crippen molar-refractivity contribution in [1.82, 2.24) is 15.3 Å². The summed E-state index contributed by atoms with van der Waals surface area (Å²) >= 11 is 0. The van der Waals surface area contributed by atoms with Gasteiger partial charge in [-0.25, -0.2) is 4.98 Å². The molecular formula is C22H31N5. The highest BCUT2D eigenvalue weighted by Gasteiger charge is 2.23. The quantitative estimate of drug-likeness (QED) is 0.809. The molecule has 27 heavy (non-hydrogen) atoms. The predicted molar refractivity (Wildman–Crippen MR) is 112 cm³/mol. The van der Waals surface area contributed by atoms with E-state index in [9.17, 15) is 0 Å². The third kappa shape index (κ3) is 4.24. The van der Waals surface area contributed by atoms with Crippen molar-refractivity contribution in [3.05, 3.63) is 35.4 Å². The minimum absolute atomic E-state index is 0.399. The van der Waals surface area contributed by atoms with Gasteiger partial charge in [0, 0.05) is 24.2 Å². The van der Waals surface area contributed by atoms with E-state index in [0.29, 0.717) is 5.95 Å². The van der Waals surface area contributed by atoms with E-state index in [2.05, 4.69) is 34.5 Å². The number of anilines is 2. The Kier molecular flexibility index (Phi) is 5.87. The van der Waals surface area contributed by atoms with Crippen LogP contribution in [0.5, 0.6) is 0 Å². The van der Waals surface area contributed by atoms with Gasteiger partial charge in [0.2, 0.25) is 5.95 Å². The van der Waals surface area contributed by atoms with Crippen molar-refractivity contribution in [3.8, 4) is 11.3 Å². The molecule has 0 saturated carbocycles. The number of rotatable bonds is 1. The van der Waals surface area contributed by atoms with E-state index in [1.54, 1.807) is 0 Å². The lowest BCUT2D eigenvalue weighted by molar-refractivity contribution is 0.601. The molecule has 5 heteroatoms. The van der Waals surface area contributed by atoms with Gasteiger partial charge in [-0.2, -0.15) is 4.98 Å². The summed E-state index contributed by atoms with van der Waals surface area (Å²) in [6, 6.07) is 8.64. The summed E-state index contributed by atoms with van der Waals surface area (Å²) < 4.78 is 0. The van der Waals surface area contributed by atoms with Crippen molar-refractivity contribution in [2.45, 2.75) is 51.4 Å². The van der Waals surface area contributed by atoms with Crippen LogP contribution in [0.15, 0.2) is 24.3 Å². The van der Waals surface area contributed by atoms with Crippen molar-refractivity contribution < 1.29 is 0 Å². The third-order valence-electron chi connectivity index (χ3n) is 5.76. The molecule has 1 saturated heterocycles. The fourth-order valence-electron chi connectivity index (χ4n) is 4.36. The van der Waals surface area contributed by atoms with Gasteiger partial charge in [0.1, 0.15) is 5.82 Å². The molecule has 0 radical (unpaired) electrons. The zero-order valence-corrected chi connectivity index (χ0v) is 16.2. The molecular weight excluding hydrogens is 334 g/mol. The van der Waals surface area contributed by atoms with Crippen LogP contribution in [0.2, 0.25) is 0 Å². The van der Waals surface area contributed by atoms with E-state index < -0.39 is 0 Å². The molecule has 5 nitrogen and oxygen atoms in total. The second-order valence-corrected chi connectivity index (χ2v) is 7.75. The number of fused-ring (bicyclic) bond motifs is 3. The van der Waals surface area contributed by atoms with E-state index >= 15 is 0 Å². The Morgan fingerprint density at radius 2 is 1.63 bits per heavy atom. The minimum atomic E-state index is 0.399. The SMILES string of the molecule is Nc1nc2c(c(N3CCCCCNCCCC3)n1)CCCc1ccccc1-2. The van der Waals surface area contributed by atoms with Crippen molar-refractivity contribution in [1.29, 1.82) is 0 Å². The van der Waals surface area contributed by atoms with Crippen LogP contribution in [-0.2, 0) is 12.8 Å². The fraction of sp³-hybridized carbons (Fsp3) is 0.545. The summed E-state index contributed by atoms with van der Waals surface area (Å²) in [5.41, 5.74) is 11.2. The number of nitrogens with one attached hydrogen (secondary N) is 1. The van der Waals surface area contributed by atoms with Crippen molar-refractivity contribution in [2.24, 2.45) is 0 Å². The Balaban J connectivity index is 1.71. The molecule has 2 aromatic rings. The number of aromatic nitrogens is 2. The van der Waals surface area contributed by atoms with E-state index in [-0.39, 0.29) is 0 Å². The predicted octanol–water partition coefficient (Wildman–Crippen LogP) is 3.57. The average Bonchev–Trinajstić information content (AvgIpc) is 2.90. The van der Waals surface area contributed by atoms with Crippen LogP contribution in [-0.4, -0.2) is 36.1 Å². The summed E-state index contributed by atoms with van der Waals surface area (Å²) in [5.74, 6) is 1.48. The van der Waals surface area contributed by atoms with Crippen LogP contribution in [0, 0.1) is 0 Å². The molecule has 1 aliphatic carbocycles. The highest BCUT2D eigenvalue weighted by Crippen LogP contribution is 2.36. The van der Waals surface area contributed by atoms with Gasteiger partial charge in [-0.1, -0.05) is 30.7 Å². The molecule has 3 N–H and O–H groups in total. The van der Waals surface area contributed by atoms with Gasteiger partial charge in [0.25, 0.3) is 0 Å². The molecule has 1 fully saturated rings. The Morgan fingerprint density at radius 3 is 2.52 bits per heavy atom. The maximum Gasteiger partial charge on any atom is 0.222 e. The standard InChI is InChI=1S/C22H31N5/c23-22-25-20-18-11-3-2-9-17(18)10-8-12-19(20)21(26-22)27-15-6-1-4-13-24-14-5-7-16-27/h2-3,9,11,24H,1,4-8,10,12-16H2,(H2,23,25,26). The Bertz CT molecular complexity index is 761. The van der Waals surface area contributed by atoms with Crippen LogP contribution >= 0.6 is 0 Å². The van der Waals surface area contributed by atoms with Gasteiger partial charge in [0.05, 0.1) is 5.69 Å². The third-order valence-corrected chi connectivity index (χ3v) is 5.76. The molecule has 2 aliphatic rings. The highest BCUT2D eigenvalue weighted by molar-refractivity contribution is 5.74. The normalized spacial score (nSPS) is 18.7. The molecule has 1 aromatic carbocycles. The van der Waals surface area contributed by atoms with E-state index in [0.717, 1.165) is 57.0 Å². The van der Waals surface area contributed by atoms with Crippen LogP contribution in [0.4, 0.5) is 11.8 Å². The highest BCUT2D eigenvalue weighted by atomic mass is 15.2. The van der Waals surface area contributed by atoms with Gasteiger partial charge in [-0.3, -0.25) is 0 Å². The maximum atomic E-state index is 6.19. The topological polar surface area (TPSA) is 67.1 Å². The van der Waals surface area contributed by atoms with Gasteiger partial charge >= 0.3 is 0 Å². The first-order valence-electron chi connectivity index (χ1n) is 10.5. The molecule has 0 bridgehead atoms. The second-order valence-electron chi connectivity index (χ2n) is 7.75. The molecule has 144 valence electrons. The summed E-state index contributed by atoms with van der Waals surface area (Å²) in [7, 11) is 0. The monoisotopic (exact) mass is 365 g/mol. The first-order valence-corrected chi connectivity index (χ1v) is 10.5.